The van der Waals surface area contributed by atoms with Gasteiger partial charge in [-0.2, -0.15) is 0 Å². The lowest BCUT2D eigenvalue weighted by molar-refractivity contribution is -0.164. The van der Waals surface area contributed by atoms with Crippen molar-refractivity contribution in [1.29, 1.82) is 0 Å². The van der Waals surface area contributed by atoms with E-state index in [1.807, 2.05) is 0 Å². The molecule has 1 spiro atoms. The van der Waals surface area contributed by atoms with Crippen molar-refractivity contribution in [3.8, 4) is 0 Å². The van der Waals surface area contributed by atoms with Gasteiger partial charge in [0.2, 0.25) is 0 Å². The van der Waals surface area contributed by atoms with Gasteiger partial charge >= 0.3 is 5.97 Å². The predicted molar refractivity (Wildman–Crippen MR) is 59.7 cm³/mol. The van der Waals surface area contributed by atoms with E-state index >= 15 is 0 Å². The molecule has 3 nitrogen and oxygen atoms in total. The molecule has 1 fully saturated rings. The Balaban J connectivity index is 2.33. The second kappa shape index (κ2) is 3.89. The highest BCUT2D eigenvalue weighted by Gasteiger charge is 2.44. The lowest BCUT2D eigenvalue weighted by atomic mass is 9.73. The summed E-state index contributed by atoms with van der Waals surface area (Å²) < 4.78 is 5.47. The van der Waals surface area contributed by atoms with Crippen LogP contribution >= 0.6 is 0 Å². The highest BCUT2D eigenvalue weighted by molar-refractivity contribution is 6.00. The zero-order valence-electron chi connectivity index (χ0n) is 9.60. The van der Waals surface area contributed by atoms with Crippen LogP contribution in [0.1, 0.15) is 26.7 Å². The molecule has 3 heteroatoms. The van der Waals surface area contributed by atoms with E-state index < -0.39 is 5.60 Å². The third-order valence-corrected chi connectivity index (χ3v) is 3.35. The van der Waals surface area contributed by atoms with Gasteiger partial charge in [-0.25, -0.2) is 0 Å². The minimum absolute atomic E-state index is 0.0465. The molecule has 1 unspecified atom stereocenters. The van der Waals surface area contributed by atoms with Gasteiger partial charge in [0.05, 0.1) is 0 Å². The first kappa shape index (κ1) is 11.1. The van der Waals surface area contributed by atoms with Crippen LogP contribution in [0.3, 0.4) is 0 Å². The van der Waals surface area contributed by atoms with Crippen LogP contribution in [0.25, 0.3) is 0 Å². The van der Waals surface area contributed by atoms with Crippen LogP contribution in [0.5, 0.6) is 0 Å². The van der Waals surface area contributed by atoms with Crippen molar-refractivity contribution in [2.75, 3.05) is 0 Å². The minimum atomic E-state index is -0.683. The molecule has 0 saturated carbocycles. The first-order chi connectivity index (χ1) is 7.53. The van der Waals surface area contributed by atoms with E-state index in [0.29, 0.717) is 12.3 Å². The topological polar surface area (TPSA) is 43.4 Å². The molecule has 2 aliphatic rings. The zero-order valence-corrected chi connectivity index (χ0v) is 9.60. The van der Waals surface area contributed by atoms with Gasteiger partial charge in [-0.1, -0.05) is 13.8 Å². The fraction of sp³-hybridized carbons (Fsp3) is 0.538. The molecule has 0 aromatic heterocycles. The summed E-state index contributed by atoms with van der Waals surface area (Å²) in [7, 11) is 0. The average Bonchev–Trinajstić information content (AvgIpc) is 2.22. The number of carbonyl (C=O) groups excluding carboxylic acids is 2. The van der Waals surface area contributed by atoms with Crippen LogP contribution in [0, 0.1) is 11.8 Å². The summed E-state index contributed by atoms with van der Waals surface area (Å²) >= 11 is 0. The summed E-state index contributed by atoms with van der Waals surface area (Å²) in [6.07, 6.45) is 7.75. The minimum Gasteiger partial charge on any atom is -0.450 e. The number of ketones is 1. The van der Waals surface area contributed by atoms with Crippen LogP contribution < -0.4 is 0 Å². The second-order valence-electron chi connectivity index (χ2n) is 4.79. The number of carbonyl (C=O) groups is 2. The first-order valence-corrected chi connectivity index (χ1v) is 5.68. The van der Waals surface area contributed by atoms with Gasteiger partial charge in [0.1, 0.15) is 0 Å². The lowest BCUT2D eigenvalue weighted by Gasteiger charge is -2.42. The maximum absolute atomic E-state index is 11.4. The molecule has 1 saturated heterocycles. The van der Waals surface area contributed by atoms with Crippen molar-refractivity contribution >= 4 is 11.8 Å². The van der Waals surface area contributed by atoms with E-state index in [1.54, 1.807) is 12.2 Å². The summed E-state index contributed by atoms with van der Waals surface area (Å²) in [5.74, 6) is 0.441. The van der Waals surface area contributed by atoms with E-state index in [2.05, 4.69) is 13.8 Å². The number of hydrogen-bond acceptors (Lipinski definition) is 3. The Kier molecular flexibility index (Phi) is 2.70. The van der Waals surface area contributed by atoms with Gasteiger partial charge < -0.3 is 4.74 Å². The molecule has 0 amide bonds. The largest absolute Gasteiger partial charge is 0.450 e. The highest BCUT2D eigenvalue weighted by Crippen LogP contribution is 2.40. The van der Waals surface area contributed by atoms with Crippen LogP contribution in [-0.4, -0.2) is 17.4 Å². The third-order valence-electron chi connectivity index (χ3n) is 3.35. The van der Waals surface area contributed by atoms with Crippen molar-refractivity contribution in [2.45, 2.75) is 32.3 Å². The van der Waals surface area contributed by atoms with Crippen LogP contribution in [0.4, 0.5) is 0 Å². The molecular weight excluding hydrogens is 204 g/mol. The van der Waals surface area contributed by atoms with Gasteiger partial charge in [0.25, 0.3) is 0 Å². The van der Waals surface area contributed by atoms with Gasteiger partial charge in [-0.15, -0.1) is 0 Å². The fourth-order valence-corrected chi connectivity index (χ4v) is 2.53. The van der Waals surface area contributed by atoms with Crippen molar-refractivity contribution in [3.05, 3.63) is 24.3 Å². The Bertz CT molecular complexity index is 361. The predicted octanol–water partition coefficient (Wildman–Crippen LogP) is 2.03. The van der Waals surface area contributed by atoms with Crippen molar-refractivity contribution in [3.63, 3.8) is 0 Å². The van der Waals surface area contributed by atoms with Gasteiger partial charge in [0, 0.05) is 12.3 Å². The third kappa shape index (κ3) is 1.82. The number of ether oxygens (including phenoxy) is 1. The van der Waals surface area contributed by atoms with Gasteiger partial charge in [-0.05, 0) is 36.6 Å². The quantitative estimate of drug-likeness (QED) is 0.635. The number of hydrogen-bond donors (Lipinski definition) is 0. The molecule has 1 aliphatic carbocycles. The van der Waals surface area contributed by atoms with Crippen molar-refractivity contribution in [1.82, 2.24) is 0 Å². The molecule has 0 radical (unpaired) electrons. The molecule has 0 aromatic carbocycles. The van der Waals surface area contributed by atoms with E-state index in [9.17, 15) is 9.59 Å². The van der Waals surface area contributed by atoms with Crippen LogP contribution in [-0.2, 0) is 14.3 Å². The van der Waals surface area contributed by atoms with Gasteiger partial charge in [-0.3, -0.25) is 9.59 Å². The van der Waals surface area contributed by atoms with Crippen molar-refractivity contribution < 1.29 is 14.3 Å². The number of esters is 1. The molecule has 16 heavy (non-hydrogen) atoms. The molecule has 0 aromatic rings. The Hall–Kier alpha value is -1.38. The molecule has 1 aliphatic heterocycles. The summed E-state index contributed by atoms with van der Waals surface area (Å²) in [4.78, 5) is 22.5. The van der Waals surface area contributed by atoms with Crippen molar-refractivity contribution in [2.24, 2.45) is 11.8 Å². The number of allylic oxidation sites excluding steroid dienone is 2. The Morgan fingerprint density at radius 2 is 1.94 bits per heavy atom. The highest BCUT2D eigenvalue weighted by atomic mass is 16.6. The molecule has 1 heterocycles. The molecule has 0 N–H and O–H groups in total. The molecule has 86 valence electrons. The SMILES string of the molecule is CC(C)C1CCC(=O)OC12C=CC(=O)C=C2. The summed E-state index contributed by atoms with van der Waals surface area (Å²) in [6.45, 7) is 4.23. The van der Waals surface area contributed by atoms with Gasteiger partial charge in [0.15, 0.2) is 11.4 Å². The monoisotopic (exact) mass is 220 g/mol. The second-order valence-corrected chi connectivity index (χ2v) is 4.79. The maximum Gasteiger partial charge on any atom is 0.306 e. The number of rotatable bonds is 1. The molecule has 2 rings (SSSR count). The molecular formula is C13H16O3. The normalized spacial score (nSPS) is 27.6. The van der Waals surface area contributed by atoms with E-state index in [0.717, 1.165) is 6.42 Å². The lowest BCUT2D eigenvalue weighted by Crippen LogP contribution is -2.46. The Morgan fingerprint density at radius 1 is 1.31 bits per heavy atom. The Labute approximate surface area is 95.2 Å². The fourth-order valence-electron chi connectivity index (χ4n) is 2.53. The first-order valence-electron chi connectivity index (χ1n) is 5.68. The molecule has 1 atom stereocenters. The Morgan fingerprint density at radius 3 is 2.50 bits per heavy atom. The van der Waals surface area contributed by atoms with E-state index in [1.165, 1.54) is 12.2 Å². The zero-order chi connectivity index (χ0) is 11.8. The average molecular weight is 220 g/mol. The summed E-state index contributed by atoms with van der Waals surface area (Å²) in [5.41, 5.74) is -0.683. The van der Waals surface area contributed by atoms with Crippen LogP contribution in [0.2, 0.25) is 0 Å². The van der Waals surface area contributed by atoms with E-state index in [-0.39, 0.29) is 17.7 Å². The maximum atomic E-state index is 11.4. The summed E-state index contributed by atoms with van der Waals surface area (Å²) in [5, 5.41) is 0. The smallest absolute Gasteiger partial charge is 0.306 e. The van der Waals surface area contributed by atoms with Crippen LogP contribution in [0.15, 0.2) is 24.3 Å². The molecule has 0 bridgehead atoms. The standard InChI is InChI=1S/C13H16O3/c1-9(2)11-3-4-12(15)16-13(11)7-5-10(14)6-8-13/h5-9,11H,3-4H2,1-2H3. The van der Waals surface area contributed by atoms with E-state index in [4.69, 9.17) is 4.74 Å². The summed E-state index contributed by atoms with van der Waals surface area (Å²) in [6, 6.07) is 0.